The van der Waals surface area contributed by atoms with E-state index in [0.717, 1.165) is 32.4 Å². The van der Waals surface area contributed by atoms with Crippen molar-refractivity contribution in [3.8, 4) is 0 Å². The van der Waals surface area contributed by atoms with Gasteiger partial charge in [0.2, 0.25) is 5.91 Å². The number of fused-ring (bicyclic) bond motifs is 2. The summed E-state index contributed by atoms with van der Waals surface area (Å²) in [6.45, 7) is 1.60. The van der Waals surface area contributed by atoms with E-state index in [9.17, 15) is 4.79 Å². The number of aryl methyl sites for hydroxylation is 1. The lowest BCUT2D eigenvalue weighted by molar-refractivity contribution is -0.130. The van der Waals surface area contributed by atoms with Gasteiger partial charge in [-0.1, -0.05) is 30.7 Å². The molecule has 3 rings (SSSR count). The summed E-state index contributed by atoms with van der Waals surface area (Å²) in [7, 11) is 0. The molecule has 1 atom stereocenters. The normalized spacial score (nSPS) is 28.4. The summed E-state index contributed by atoms with van der Waals surface area (Å²) < 4.78 is 0. The first-order valence-corrected chi connectivity index (χ1v) is 6.45. The maximum atomic E-state index is 12.3. The zero-order chi connectivity index (χ0) is 11.7. The van der Waals surface area contributed by atoms with Gasteiger partial charge < -0.3 is 5.32 Å². The minimum Gasteiger partial charge on any atom is -0.353 e. The first-order chi connectivity index (χ1) is 8.33. The van der Waals surface area contributed by atoms with Crippen LogP contribution in [-0.2, 0) is 16.8 Å². The van der Waals surface area contributed by atoms with Crippen molar-refractivity contribution in [3.05, 3.63) is 35.4 Å². The van der Waals surface area contributed by atoms with Crippen molar-refractivity contribution in [2.75, 3.05) is 13.1 Å². The van der Waals surface area contributed by atoms with Crippen LogP contribution in [0.1, 0.15) is 30.4 Å². The molecule has 1 unspecified atom stereocenters. The minimum absolute atomic E-state index is 0.151. The highest BCUT2D eigenvalue weighted by Gasteiger charge is 2.43. The van der Waals surface area contributed by atoms with Gasteiger partial charge in [0.05, 0.1) is 0 Å². The van der Waals surface area contributed by atoms with Crippen molar-refractivity contribution >= 4 is 5.91 Å². The van der Waals surface area contributed by atoms with Crippen LogP contribution in [0.15, 0.2) is 24.3 Å². The first-order valence-electron chi connectivity index (χ1n) is 6.45. The van der Waals surface area contributed by atoms with E-state index in [2.05, 4.69) is 28.8 Å². The van der Waals surface area contributed by atoms with Crippen molar-refractivity contribution in [2.45, 2.75) is 31.2 Å². The Morgan fingerprint density at radius 2 is 2.00 bits per heavy atom. The highest BCUT2D eigenvalue weighted by molar-refractivity contribution is 5.89. The van der Waals surface area contributed by atoms with Crippen molar-refractivity contribution in [1.82, 2.24) is 10.6 Å². The maximum absolute atomic E-state index is 12.3. The number of carbonyl (C=O) groups excluding carboxylic acids is 1. The number of benzene rings is 1. The molecule has 17 heavy (non-hydrogen) atoms. The Morgan fingerprint density at radius 3 is 2.88 bits per heavy atom. The Morgan fingerprint density at radius 1 is 1.12 bits per heavy atom. The molecular formula is C14H18N2O. The molecule has 2 N–H and O–H groups in total. The van der Waals surface area contributed by atoms with E-state index in [4.69, 9.17) is 0 Å². The van der Waals surface area contributed by atoms with Crippen LogP contribution in [0.5, 0.6) is 0 Å². The fourth-order valence-corrected chi connectivity index (χ4v) is 3.10. The topological polar surface area (TPSA) is 41.1 Å². The molecule has 2 aliphatic rings. The molecule has 1 aliphatic carbocycles. The van der Waals surface area contributed by atoms with Crippen molar-refractivity contribution in [1.29, 1.82) is 0 Å². The van der Waals surface area contributed by atoms with E-state index in [-0.39, 0.29) is 5.91 Å². The highest BCUT2D eigenvalue weighted by atomic mass is 16.2. The number of carbonyl (C=O) groups is 1. The summed E-state index contributed by atoms with van der Waals surface area (Å²) in [6.07, 6.45) is 4.28. The summed E-state index contributed by atoms with van der Waals surface area (Å²) in [4.78, 5) is 12.3. The molecule has 0 bridgehead atoms. The van der Waals surface area contributed by atoms with Crippen LogP contribution in [0.2, 0.25) is 0 Å². The standard InChI is InChI=1S/C14H18N2O/c17-13-14(16-10-9-15-13)8-4-3-6-11-5-1-2-7-12(11)14/h1-2,5,7,16H,3-4,6,8-10H2,(H,15,17). The lowest BCUT2D eigenvalue weighted by Gasteiger charge is -2.37. The number of rotatable bonds is 0. The molecule has 1 heterocycles. The lowest BCUT2D eigenvalue weighted by atomic mass is 9.82. The molecule has 3 nitrogen and oxygen atoms in total. The summed E-state index contributed by atoms with van der Waals surface area (Å²) in [5.74, 6) is 0.151. The predicted octanol–water partition coefficient (Wildman–Crippen LogP) is 1.33. The Balaban J connectivity index is 2.12. The van der Waals surface area contributed by atoms with Gasteiger partial charge in [-0.3, -0.25) is 10.1 Å². The smallest absolute Gasteiger partial charge is 0.244 e. The molecule has 1 spiro atoms. The van der Waals surface area contributed by atoms with E-state index >= 15 is 0 Å². The predicted molar refractivity (Wildman–Crippen MR) is 66.7 cm³/mol. The minimum atomic E-state index is -0.467. The van der Waals surface area contributed by atoms with Crippen molar-refractivity contribution in [2.24, 2.45) is 0 Å². The first kappa shape index (κ1) is 10.8. The van der Waals surface area contributed by atoms with Gasteiger partial charge in [-0.05, 0) is 30.4 Å². The molecule has 1 aliphatic heterocycles. The lowest BCUT2D eigenvalue weighted by Crippen LogP contribution is -2.60. The summed E-state index contributed by atoms with van der Waals surface area (Å²) >= 11 is 0. The fourth-order valence-electron chi connectivity index (χ4n) is 3.10. The zero-order valence-electron chi connectivity index (χ0n) is 9.96. The van der Waals surface area contributed by atoms with Gasteiger partial charge in [-0.25, -0.2) is 0 Å². The third-order valence-electron chi connectivity index (χ3n) is 3.95. The zero-order valence-corrected chi connectivity index (χ0v) is 9.96. The monoisotopic (exact) mass is 230 g/mol. The summed E-state index contributed by atoms with van der Waals surface area (Å²) in [5.41, 5.74) is 2.05. The van der Waals surface area contributed by atoms with E-state index < -0.39 is 5.54 Å². The average Bonchev–Trinajstić information content (AvgIpc) is 2.55. The molecule has 0 radical (unpaired) electrons. The number of hydrogen-bond donors (Lipinski definition) is 2. The fraction of sp³-hybridized carbons (Fsp3) is 0.500. The third-order valence-corrected chi connectivity index (χ3v) is 3.95. The van der Waals surface area contributed by atoms with Crippen LogP contribution in [0, 0.1) is 0 Å². The molecule has 1 saturated heterocycles. The maximum Gasteiger partial charge on any atom is 0.244 e. The van der Waals surface area contributed by atoms with E-state index in [1.165, 1.54) is 17.5 Å². The molecule has 0 saturated carbocycles. The van der Waals surface area contributed by atoms with Gasteiger partial charge >= 0.3 is 0 Å². The van der Waals surface area contributed by atoms with Crippen LogP contribution in [0.25, 0.3) is 0 Å². The van der Waals surface area contributed by atoms with E-state index in [1.807, 2.05) is 6.07 Å². The van der Waals surface area contributed by atoms with Crippen molar-refractivity contribution in [3.63, 3.8) is 0 Å². The van der Waals surface area contributed by atoms with Crippen LogP contribution in [0.4, 0.5) is 0 Å². The summed E-state index contributed by atoms with van der Waals surface area (Å²) in [6, 6.07) is 8.37. The molecular weight excluding hydrogens is 212 g/mol. The molecule has 1 aromatic rings. The SMILES string of the molecule is O=C1NCCNC12CCCCc1ccccc12. The molecule has 1 amide bonds. The van der Waals surface area contributed by atoms with E-state index in [0.29, 0.717) is 0 Å². The van der Waals surface area contributed by atoms with Gasteiger partial charge in [-0.2, -0.15) is 0 Å². The Kier molecular flexibility index (Phi) is 2.63. The third kappa shape index (κ3) is 1.65. The quantitative estimate of drug-likeness (QED) is 0.706. The van der Waals surface area contributed by atoms with Gasteiger partial charge in [0.15, 0.2) is 0 Å². The highest BCUT2D eigenvalue weighted by Crippen LogP contribution is 2.35. The van der Waals surface area contributed by atoms with Gasteiger partial charge in [-0.15, -0.1) is 0 Å². The average molecular weight is 230 g/mol. The molecule has 1 fully saturated rings. The molecule has 3 heteroatoms. The van der Waals surface area contributed by atoms with Gasteiger partial charge in [0.1, 0.15) is 5.54 Å². The largest absolute Gasteiger partial charge is 0.353 e. The Labute approximate surface area is 102 Å². The second-order valence-corrected chi connectivity index (χ2v) is 4.95. The number of nitrogens with one attached hydrogen (secondary N) is 2. The number of amides is 1. The second kappa shape index (κ2) is 4.15. The van der Waals surface area contributed by atoms with Crippen LogP contribution in [0.3, 0.4) is 0 Å². The van der Waals surface area contributed by atoms with Crippen LogP contribution in [-0.4, -0.2) is 19.0 Å². The molecule has 90 valence electrons. The van der Waals surface area contributed by atoms with Gasteiger partial charge in [0.25, 0.3) is 0 Å². The van der Waals surface area contributed by atoms with Crippen LogP contribution >= 0.6 is 0 Å². The van der Waals surface area contributed by atoms with Crippen molar-refractivity contribution < 1.29 is 4.79 Å². The summed E-state index contributed by atoms with van der Waals surface area (Å²) in [5, 5.41) is 6.48. The Hall–Kier alpha value is -1.35. The molecule has 0 aromatic heterocycles. The number of hydrogen-bond acceptors (Lipinski definition) is 2. The second-order valence-electron chi connectivity index (χ2n) is 4.95. The van der Waals surface area contributed by atoms with E-state index in [1.54, 1.807) is 0 Å². The van der Waals surface area contributed by atoms with Crippen LogP contribution < -0.4 is 10.6 Å². The number of piperazine rings is 1. The Bertz CT molecular complexity index is 444. The van der Waals surface area contributed by atoms with Gasteiger partial charge in [0, 0.05) is 13.1 Å². The molecule has 1 aromatic carbocycles.